The molecule has 0 aromatic rings. The van der Waals surface area contributed by atoms with Gasteiger partial charge in [-0.05, 0) is 30.6 Å². The summed E-state index contributed by atoms with van der Waals surface area (Å²) in [5, 5.41) is 3.39. The second kappa shape index (κ2) is 3.73. The van der Waals surface area contributed by atoms with Gasteiger partial charge in [0.15, 0.2) is 0 Å². The lowest BCUT2D eigenvalue weighted by molar-refractivity contribution is -0.130. The molecule has 0 spiro atoms. The average Bonchev–Trinajstić information content (AvgIpc) is 2.66. The molecule has 1 saturated heterocycles. The largest absolute Gasteiger partial charge is 0.326 e. The summed E-state index contributed by atoms with van der Waals surface area (Å²) in [7, 11) is 0. The van der Waals surface area contributed by atoms with E-state index in [2.05, 4.69) is 39.9 Å². The van der Waals surface area contributed by atoms with Gasteiger partial charge in [0, 0.05) is 6.54 Å². The molecule has 16 heavy (non-hydrogen) atoms. The Kier molecular flexibility index (Phi) is 2.77. The maximum atomic E-state index is 12.2. The van der Waals surface area contributed by atoms with E-state index in [1.165, 1.54) is 6.42 Å². The third-order valence-electron chi connectivity index (χ3n) is 4.24. The van der Waals surface area contributed by atoms with Crippen LogP contribution in [0.25, 0.3) is 0 Å². The van der Waals surface area contributed by atoms with Crippen molar-refractivity contribution in [2.24, 2.45) is 17.3 Å². The molecule has 3 atom stereocenters. The standard InChI is InChI=1S/C13H24N2O/c1-8(2)11-12(16)15(9(3)14-11)7-10-6-13(10,4)5/h8-11,14H,6-7H2,1-5H3. The van der Waals surface area contributed by atoms with Crippen molar-refractivity contribution in [1.82, 2.24) is 10.2 Å². The second-order valence-electron chi connectivity index (χ2n) is 6.44. The van der Waals surface area contributed by atoms with E-state index in [1.54, 1.807) is 0 Å². The van der Waals surface area contributed by atoms with Gasteiger partial charge in [-0.15, -0.1) is 0 Å². The highest BCUT2D eigenvalue weighted by atomic mass is 16.2. The van der Waals surface area contributed by atoms with Gasteiger partial charge in [-0.2, -0.15) is 0 Å². The quantitative estimate of drug-likeness (QED) is 0.793. The molecule has 2 rings (SSSR count). The number of nitrogens with one attached hydrogen (secondary N) is 1. The molecule has 3 nitrogen and oxygen atoms in total. The zero-order chi connectivity index (χ0) is 12.1. The molecule has 92 valence electrons. The van der Waals surface area contributed by atoms with Crippen molar-refractivity contribution in [1.29, 1.82) is 0 Å². The summed E-state index contributed by atoms with van der Waals surface area (Å²) < 4.78 is 0. The minimum absolute atomic E-state index is 0.0249. The number of carbonyl (C=O) groups is 1. The molecular formula is C13H24N2O. The predicted octanol–water partition coefficient (Wildman–Crippen LogP) is 1.83. The number of nitrogens with zero attached hydrogens (tertiary/aromatic N) is 1. The van der Waals surface area contributed by atoms with Gasteiger partial charge in [0.2, 0.25) is 5.91 Å². The number of rotatable bonds is 3. The first-order valence-corrected chi connectivity index (χ1v) is 6.39. The van der Waals surface area contributed by atoms with E-state index in [0.717, 1.165) is 6.54 Å². The molecule has 0 aromatic heterocycles. The Morgan fingerprint density at radius 2 is 2.06 bits per heavy atom. The van der Waals surface area contributed by atoms with Gasteiger partial charge in [0.05, 0.1) is 12.2 Å². The van der Waals surface area contributed by atoms with Crippen LogP contribution < -0.4 is 5.32 Å². The van der Waals surface area contributed by atoms with E-state index in [0.29, 0.717) is 23.2 Å². The Morgan fingerprint density at radius 3 is 2.44 bits per heavy atom. The van der Waals surface area contributed by atoms with Crippen LogP contribution in [-0.2, 0) is 4.79 Å². The average molecular weight is 224 g/mol. The molecule has 2 fully saturated rings. The number of hydrogen-bond donors (Lipinski definition) is 1. The fourth-order valence-electron chi connectivity index (χ4n) is 2.64. The van der Waals surface area contributed by atoms with Gasteiger partial charge in [0.25, 0.3) is 0 Å². The second-order valence-corrected chi connectivity index (χ2v) is 6.44. The fraction of sp³-hybridized carbons (Fsp3) is 0.923. The molecule has 3 unspecified atom stereocenters. The van der Waals surface area contributed by atoms with Crippen LogP contribution >= 0.6 is 0 Å². The van der Waals surface area contributed by atoms with Gasteiger partial charge in [-0.25, -0.2) is 0 Å². The SMILES string of the molecule is CC(C)C1NC(C)N(CC2CC2(C)C)C1=O. The van der Waals surface area contributed by atoms with Crippen molar-refractivity contribution in [3.05, 3.63) is 0 Å². The highest BCUT2D eigenvalue weighted by Gasteiger charge is 2.49. The van der Waals surface area contributed by atoms with Gasteiger partial charge in [-0.3, -0.25) is 10.1 Å². The lowest BCUT2D eigenvalue weighted by Crippen LogP contribution is -2.36. The summed E-state index contributed by atoms with van der Waals surface area (Å²) in [4.78, 5) is 14.2. The zero-order valence-electron chi connectivity index (χ0n) is 11.1. The molecule has 1 N–H and O–H groups in total. The molecule has 0 radical (unpaired) electrons. The number of hydrogen-bond acceptors (Lipinski definition) is 2. The number of carbonyl (C=O) groups excluding carboxylic acids is 1. The normalized spacial score (nSPS) is 37.2. The van der Waals surface area contributed by atoms with E-state index in [1.807, 2.05) is 4.90 Å². The zero-order valence-corrected chi connectivity index (χ0v) is 11.1. The van der Waals surface area contributed by atoms with Gasteiger partial charge >= 0.3 is 0 Å². The molecule has 1 heterocycles. The minimum Gasteiger partial charge on any atom is -0.326 e. The maximum absolute atomic E-state index is 12.2. The Morgan fingerprint density at radius 1 is 1.50 bits per heavy atom. The molecule has 1 aliphatic heterocycles. The van der Waals surface area contributed by atoms with Crippen molar-refractivity contribution in [3.63, 3.8) is 0 Å². The minimum atomic E-state index is 0.0249. The molecular weight excluding hydrogens is 200 g/mol. The van der Waals surface area contributed by atoms with Crippen molar-refractivity contribution < 1.29 is 4.79 Å². The predicted molar refractivity (Wildman–Crippen MR) is 64.8 cm³/mol. The van der Waals surface area contributed by atoms with Gasteiger partial charge < -0.3 is 4.90 Å². The van der Waals surface area contributed by atoms with E-state index in [-0.39, 0.29) is 12.2 Å². The van der Waals surface area contributed by atoms with Crippen LogP contribution in [0.15, 0.2) is 0 Å². The first-order valence-electron chi connectivity index (χ1n) is 6.39. The third-order valence-corrected chi connectivity index (χ3v) is 4.24. The van der Waals surface area contributed by atoms with Crippen molar-refractivity contribution in [2.45, 2.75) is 53.2 Å². The molecule has 0 bridgehead atoms. The molecule has 1 saturated carbocycles. The summed E-state index contributed by atoms with van der Waals surface area (Å²) in [6, 6.07) is 0.0249. The number of amides is 1. The van der Waals surface area contributed by atoms with Crippen molar-refractivity contribution >= 4 is 5.91 Å². The Balaban J connectivity index is 1.98. The Hall–Kier alpha value is -0.570. The highest BCUT2D eigenvalue weighted by Crippen LogP contribution is 2.52. The van der Waals surface area contributed by atoms with E-state index >= 15 is 0 Å². The molecule has 3 heteroatoms. The van der Waals surface area contributed by atoms with Crippen molar-refractivity contribution in [2.75, 3.05) is 6.54 Å². The van der Waals surface area contributed by atoms with Crippen LogP contribution in [0.2, 0.25) is 0 Å². The first-order chi connectivity index (χ1) is 7.33. The molecule has 1 amide bonds. The molecule has 1 aliphatic carbocycles. The third kappa shape index (κ3) is 1.97. The van der Waals surface area contributed by atoms with Gasteiger partial charge in [-0.1, -0.05) is 27.7 Å². The van der Waals surface area contributed by atoms with Gasteiger partial charge in [0.1, 0.15) is 0 Å². The van der Waals surface area contributed by atoms with Crippen LogP contribution in [-0.4, -0.2) is 29.6 Å². The maximum Gasteiger partial charge on any atom is 0.241 e. The van der Waals surface area contributed by atoms with Crippen LogP contribution in [0.1, 0.15) is 41.0 Å². The van der Waals surface area contributed by atoms with E-state index in [4.69, 9.17) is 0 Å². The Labute approximate surface area is 98.6 Å². The van der Waals surface area contributed by atoms with Crippen molar-refractivity contribution in [3.8, 4) is 0 Å². The molecule has 2 aliphatic rings. The first kappa shape index (κ1) is 11.9. The van der Waals surface area contributed by atoms with E-state index < -0.39 is 0 Å². The van der Waals surface area contributed by atoms with Crippen LogP contribution in [0.3, 0.4) is 0 Å². The van der Waals surface area contributed by atoms with Crippen LogP contribution in [0.4, 0.5) is 0 Å². The fourth-order valence-corrected chi connectivity index (χ4v) is 2.64. The summed E-state index contributed by atoms with van der Waals surface area (Å²) >= 11 is 0. The monoisotopic (exact) mass is 224 g/mol. The topological polar surface area (TPSA) is 32.3 Å². The lowest BCUT2D eigenvalue weighted by atomic mass is 10.0. The van der Waals surface area contributed by atoms with Crippen LogP contribution in [0.5, 0.6) is 0 Å². The smallest absolute Gasteiger partial charge is 0.241 e. The Bertz CT molecular complexity index is 298. The summed E-state index contributed by atoms with van der Waals surface area (Å²) in [5.41, 5.74) is 0.454. The lowest BCUT2D eigenvalue weighted by Gasteiger charge is -2.21. The summed E-state index contributed by atoms with van der Waals surface area (Å²) in [6.45, 7) is 11.8. The van der Waals surface area contributed by atoms with E-state index in [9.17, 15) is 4.79 Å². The summed E-state index contributed by atoms with van der Waals surface area (Å²) in [6.07, 6.45) is 1.46. The van der Waals surface area contributed by atoms with Crippen LogP contribution in [0, 0.1) is 17.3 Å². The summed E-state index contributed by atoms with van der Waals surface area (Å²) in [5.74, 6) is 1.38. The molecule has 0 aromatic carbocycles. The highest BCUT2D eigenvalue weighted by molar-refractivity contribution is 5.84.